The SMILES string of the molecule is Cc1ccc(CC(CCl)CCC(C)C)cc1. The molecule has 0 fully saturated rings. The molecule has 1 heteroatoms. The van der Waals surface area contributed by atoms with Gasteiger partial charge in [-0.25, -0.2) is 0 Å². The maximum absolute atomic E-state index is 6.03. The Labute approximate surface area is 105 Å². The minimum Gasteiger partial charge on any atom is -0.126 e. The van der Waals surface area contributed by atoms with E-state index in [2.05, 4.69) is 45.0 Å². The smallest absolute Gasteiger partial charge is 0.0254 e. The summed E-state index contributed by atoms with van der Waals surface area (Å²) in [5.41, 5.74) is 2.74. The van der Waals surface area contributed by atoms with E-state index >= 15 is 0 Å². The fourth-order valence-corrected chi connectivity index (χ4v) is 2.12. The molecule has 0 saturated heterocycles. The molecule has 0 amide bonds. The van der Waals surface area contributed by atoms with Crippen molar-refractivity contribution < 1.29 is 0 Å². The van der Waals surface area contributed by atoms with Gasteiger partial charge in [-0.2, -0.15) is 0 Å². The fourth-order valence-electron chi connectivity index (χ4n) is 1.86. The van der Waals surface area contributed by atoms with Gasteiger partial charge in [0.25, 0.3) is 0 Å². The second-order valence-electron chi connectivity index (χ2n) is 5.18. The Morgan fingerprint density at radius 2 is 1.69 bits per heavy atom. The first-order valence-electron chi connectivity index (χ1n) is 6.23. The summed E-state index contributed by atoms with van der Waals surface area (Å²) in [6.07, 6.45) is 3.65. The van der Waals surface area contributed by atoms with Crippen LogP contribution in [0.1, 0.15) is 37.8 Å². The van der Waals surface area contributed by atoms with E-state index in [-0.39, 0.29) is 0 Å². The number of hydrogen-bond acceptors (Lipinski definition) is 0. The first-order chi connectivity index (χ1) is 7.61. The maximum Gasteiger partial charge on any atom is 0.0254 e. The van der Waals surface area contributed by atoms with Gasteiger partial charge in [0, 0.05) is 5.88 Å². The number of rotatable bonds is 6. The van der Waals surface area contributed by atoms with E-state index in [4.69, 9.17) is 11.6 Å². The van der Waals surface area contributed by atoms with E-state index in [1.54, 1.807) is 0 Å². The third kappa shape index (κ3) is 5.03. The van der Waals surface area contributed by atoms with Gasteiger partial charge in [0.05, 0.1) is 0 Å². The van der Waals surface area contributed by atoms with Gasteiger partial charge in [-0.15, -0.1) is 11.6 Å². The summed E-state index contributed by atoms with van der Waals surface area (Å²) >= 11 is 6.03. The minimum absolute atomic E-state index is 0.631. The molecule has 1 aromatic carbocycles. The quantitative estimate of drug-likeness (QED) is 0.623. The van der Waals surface area contributed by atoms with E-state index in [9.17, 15) is 0 Å². The number of alkyl halides is 1. The Hall–Kier alpha value is -0.490. The van der Waals surface area contributed by atoms with Crippen LogP contribution in [0.2, 0.25) is 0 Å². The predicted octanol–water partition coefficient (Wildman–Crippen LogP) is 4.83. The molecule has 0 N–H and O–H groups in total. The summed E-state index contributed by atoms with van der Waals surface area (Å²) in [6.45, 7) is 6.68. The number of benzene rings is 1. The Morgan fingerprint density at radius 3 is 2.19 bits per heavy atom. The Kier molecular flexibility index (Phi) is 5.90. The Bertz CT molecular complexity index is 287. The normalized spacial score (nSPS) is 13.1. The van der Waals surface area contributed by atoms with Crippen molar-refractivity contribution in [2.45, 2.75) is 40.0 Å². The van der Waals surface area contributed by atoms with Crippen molar-refractivity contribution >= 4 is 11.6 Å². The largest absolute Gasteiger partial charge is 0.126 e. The fraction of sp³-hybridized carbons (Fsp3) is 0.600. The highest BCUT2D eigenvalue weighted by Crippen LogP contribution is 2.19. The molecule has 1 unspecified atom stereocenters. The van der Waals surface area contributed by atoms with E-state index < -0.39 is 0 Å². The van der Waals surface area contributed by atoms with Crippen LogP contribution in [-0.2, 0) is 6.42 Å². The van der Waals surface area contributed by atoms with Crippen LogP contribution >= 0.6 is 11.6 Å². The molecule has 1 atom stereocenters. The average Bonchev–Trinajstić information content (AvgIpc) is 2.26. The van der Waals surface area contributed by atoms with Crippen molar-refractivity contribution in [1.29, 1.82) is 0 Å². The van der Waals surface area contributed by atoms with Gasteiger partial charge in [0.2, 0.25) is 0 Å². The first kappa shape index (κ1) is 13.6. The topological polar surface area (TPSA) is 0 Å². The summed E-state index contributed by atoms with van der Waals surface area (Å²) in [6, 6.07) is 8.82. The summed E-state index contributed by atoms with van der Waals surface area (Å²) in [5, 5.41) is 0. The van der Waals surface area contributed by atoms with Crippen LogP contribution in [0.3, 0.4) is 0 Å². The third-order valence-corrected chi connectivity index (χ3v) is 3.45. The molecule has 0 nitrogen and oxygen atoms in total. The molecular formula is C15H23Cl. The maximum atomic E-state index is 6.03. The van der Waals surface area contributed by atoms with Crippen molar-refractivity contribution in [3.63, 3.8) is 0 Å². The Morgan fingerprint density at radius 1 is 1.06 bits per heavy atom. The molecule has 90 valence electrons. The molecule has 0 bridgehead atoms. The molecule has 0 aliphatic heterocycles. The number of halogens is 1. The lowest BCUT2D eigenvalue weighted by atomic mass is 9.93. The zero-order chi connectivity index (χ0) is 12.0. The predicted molar refractivity (Wildman–Crippen MR) is 73.2 cm³/mol. The molecule has 0 aromatic heterocycles. The van der Waals surface area contributed by atoms with E-state index in [0.29, 0.717) is 5.92 Å². The van der Waals surface area contributed by atoms with Gasteiger partial charge >= 0.3 is 0 Å². The van der Waals surface area contributed by atoms with Crippen LogP contribution in [0.4, 0.5) is 0 Å². The van der Waals surface area contributed by atoms with Crippen LogP contribution in [0, 0.1) is 18.8 Å². The van der Waals surface area contributed by atoms with Crippen molar-refractivity contribution in [2.75, 3.05) is 5.88 Å². The molecule has 0 radical (unpaired) electrons. The van der Waals surface area contributed by atoms with Crippen LogP contribution in [0.15, 0.2) is 24.3 Å². The lowest BCUT2D eigenvalue weighted by Gasteiger charge is -2.15. The van der Waals surface area contributed by atoms with Gasteiger partial charge in [-0.1, -0.05) is 50.1 Å². The first-order valence-corrected chi connectivity index (χ1v) is 6.76. The summed E-state index contributed by atoms with van der Waals surface area (Å²) in [7, 11) is 0. The monoisotopic (exact) mass is 238 g/mol. The molecule has 1 rings (SSSR count). The zero-order valence-electron chi connectivity index (χ0n) is 10.7. The van der Waals surface area contributed by atoms with Gasteiger partial charge in [-0.05, 0) is 37.2 Å². The van der Waals surface area contributed by atoms with Crippen LogP contribution in [0.5, 0.6) is 0 Å². The molecule has 0 heterocycles. The highest BCUT2D eigenvalue weighted by atomic mass is 35.5. The molecular weight excluding hydrogens is 216 g/mol. The van der Waals surface area contributed by atoms with Crippen molar-refractivity contribution in [3.8, 4) is 0 Å². The van der Waals surface area contributed by atoms with Gasteiger partial charge in [0.1, 0.15) is 0 Å². The van der Waals surface area contributed by atoms with Crippen molar-refractivity contribution in [1.82, 2.24) is 0 Å². The number of aryl methyl sites for hydroxylation is 1. The second-order valence-corrected chi connectivity index (χ2v) is 5.49. The molecule has 1 aromatic rings. The summed E-state index contributed by atoms with van der Waals surface area (Å²) < 4.78 is 0. The average molecular weight is 239 g/mol. The van der Waals surface area contributed by atoms with E-state index in [1.165, 1.54) is 24.0 Å². The Balaban J connectivity index is 2.46. The van der Waals surface area contributed by atoms with Crippen LogP contribution in [-0.4, -0.2) is 5.88 Å². The standard InChI is InChI=1S/C15H23Cl/c1-12(2)4-7-15(11-16)10-14-8-5-13(3)6-9-14/h5-6,8-9,12,15H,4,7,10-11H2,1-3H3. The van der Waals surface area contributed by atoms with E-state index in [0.717, 1.165) is 18.2 Å². The molecule has 0 saturated carbocycles. The lowest BCUT2D eigenvalue weighted by Crippen LogP contribution is -2.08. The molecule has 0 aliphatic carbocycles. The van der Waals surface area contributed by atoms with Crippen LogP contribution < -0.4 is 0 Å². The lowest BCUT2D eigenvalue weighted by molar-refractivity contribution is 0.452. The third-order valence-electron chi connectivity index (χ3n) is 3.02. The highest BCUT2D eigenvalue weighted by molar-refractivity contribution is 6.18. The van der Waals surface area contributed by atoms with E-state index in [1.807, 2.05) is 0 Å². The summed E-state index contributed by atoms with van der Waals surface area (Å²) in [4.78, 5) is 0. The summed E-state index contributed by atoms with van der Waals surface area (Å²) in [5.74, 6) is 2.19. The second kappa shape index (κ2) is 6.96. The van der Waals surface area contributed by atoms with Gasteiger partial charge in [0.15, 0.2) is 0 Å². The van der Waals surface area contributed by atoms with Crippen LogP contribution in [0.25, 0.3) is 0 Å². The minimum atomic E-state index is 0.631. The van der Waals surface area contributed by atoms with Crippen molar-refractivity contribution in [2.24, 2.45) is 11.8 Å². The van der Waals surface area contributed by atoms with Gasteiger partial charge < -0.3 is 0 Å². The molecule has 0 aliphatic rings. The molecule has 16 heavy (non-hydrogen) atoms. The number of hydrogen-bond donors (Lipinski definition) is 0. The van der Waals surface area contributed by atoms with Crippen molar-refractivity contribution in [3.05, 3.63) is 35.4 Å². The highest BCUT2D eigenvalue weighted by Gasteiger charge is 2.09. The zero-order valence-corrected chi connectivity index (χ0v) is 11.4. The molecule has 0 spiro atoms. The van der Waals surface area contributed by atoms with Gasteiger partial charge in [-0.3, -0.25) is 0 Å².